The molecule has 0 bridgehead atoms. The van der Waals surface area contributed by atoms with E-state index in [9.17, 15) is 21.6 Å². The van der Waals surface area contributed by atoms with Gasteiger partial charge < -0.3 is 4.74 Å². The van der Waals surface area contributed by atoms with Crippen molar-refractivity contribution in [1.82, 2.24) is 19.2 Å². The van der Waals surface area contributed by atoms with Crippen molar-refractivity contribution in [2.75, 3.05) is 39.4 Å². The average molecular weight is 418 g/mol. The van der Waals surface area contributed by atoms with Crippen LogP contribution in [0.1, 0.15) is 24.4 Å². The molecule has 5 rings (SSSR count). The smallest absolute Gasteiger partial charge is 0.380 e. The van der Waals surface area contributed by atoms with E-state index in [4.69, 9.17) is 4.74 Å². The van der Waals surface area contributed by atoms with Crippen LogP contribution < -0.4 is 0 Å². The third kappa shape index (κ3) is 2.70. The van der Waals surface area contributed by atoms with Gasteiger partial charge in [0.1, 0.15) is 4.90 Å². The SMILES string of the molecule is Cc1nc(C(F)(F)F)ncc1S(=O)(=O)N1CC2(CC(N3CC4(COC4)C3)C2)C1. The van der Waals surface area contributed by atoms with Crippen molar-refractivity contribution >= 4 is 10.0 Å². The van der Waals surface area contributed by atoms with Gasteiger partial charge in [-0.3, -0.25) is 4.90 Å². The Morgan fingerprint density at radius 2 is 1.79 bits per heavy atom. The van der Waals surface area contributed by atoms with Crippen LogP contribution >= 0.6 is 0 Å². The van der Waals surface area contributed by atoms with Crippen molar-refractivity contribution in [2.24, 2.45) is 10.8 Å². The summed E-state index contributed by atoms with van der Waals surface area (Å²) in [5, 5.41) is 0. The number of aromatic nitrogens is 2. The minimum absolute atomic E-state index is 0.0112. The lowest BCUT2D eigenvalue weighted by Crippen LogP contribution is -2.74. The number of aryl methyl sites for hydroxylation is 1. The minimum atomic E-state index is -4.70. The van der Waals surface area contributed by atoms with Gasteiger partial charge in [0.05, 0.1) is 25.1 Å². The molecule has 2 spiro atoms. The van der Waals surface area contributed by atoms with E-state index in [2.05, 4.69) is 14.9 Å². The van der Waals surface area contributed by atoms with Gasteiger partial charge >= 0.3 is 6.18 Å². The second kappa shape index (κ2) is 5.65. The second-order valence-corrected chi connectivity index (χ2v) is 10.8. The van der Waals surface area contributed by atoms with Gasteiger partial charge in [0.15, 0.2) is 0 Å². The summed E-state index contributed by atoms with van der Waals surface area (Å²) in [6.07, 6.45) is -1.98. The van der Waals surface area contributed by atoms with Gasteiger partial charge in [-0.05, 0) is 19.8 Å². The van der Waals surface area contributed by atoms with Gasteiger partial charge in [0, 0.05) is 43.1 Å². The molecule has 7 nitrogen and oxygen atoms in total. The van der Waals surface area contributed by atoms with Crippen LogP contribution in [0.4, 0.5) is 13.2 Å². The molecule has 0 N–H and O–H groups in total. The van der Waals surface area contributed by atoms with Gasteiger partial charge in [-0.25, -0.2) is 18.4 Å². The lowest BCUT2D eigenvalue weighted by molar-refractivity contribution is -0.219. The number of nitrogens with zero attached hydrogens (tertiary/aromatic N) is 4. The summed E-state index contributed by atoms with van der Waals surface area (Å²) < 4.78 is 70.3. The summed E-state index contributed by atoms with van der Waals surface area (Å²) in [7, 11) is -3.87. The monoisotopic (exact) mass is 418 g/mol. The highest BCUT2D eigenvalue weighted by Gasteiger charge is 2.60. The molecule has 1 aromatic heterocycles. The van der Waals surface area contributed by atoms with E-state index in [1.54, 1.807) is 0 Å². The highest BCUT2D eigenvalue weighted by Crippen LogP contribution is 2.54. The fourth-order valence-electron chi connectivity index (χ4n) is 4.96. The Balaban J connectivity index is 1.20. The van der Waals surface area contributed by atoms with E-state index in [0.29, 0.717) is 24.5 Å². The van der Waals surface area contributed by atoms with Crippen molar-refractivity contribution in [3.8, 4) is 0 Å². The van der Waals surface area contributed by atoms with Gasteiger partial charge in [0.2, 0.25) is 15.8 Å². The third-order valence-corrected chi connectivity index (χ3v) is 8.47. The summed E-state index contributed by atoms with van der Waals surface area (Å²) in [5.74, 6) is -1.32. The quantitative estimate of drug-likeness (QED) is 0.737. The molecule has 4 heterocycles. The van der Waals surface area contributed by atoms with Gasteiger partial charge in [-0.15, -0.1) is 0 Å². The largest absolute Gasteiger partial charge is 0.451 e. The molecule has 3 aliphatic heterocycles. The molecule has 0 aromatic carbocycles. The summed E-state index contributed by atoms with van der Waals surface area (Å²) in [4.78, 5) is 8.76. The number of hydrogen-bond donors (Lipinski definition) is 0. The highest BCUT2D eigenvalue weighted by molar-refractivity contribution is 7.89. The van der Waals surface area contributed by atoms with Crippen LogP contribution in [0.25, 0.3) is 0 Å². The molecule has 0 amide bonds. The zero-order chi connectivity index (χ0) is 19.9. The van der Waals surface area contributed by atoms with Crippen molar-refractivity contribution in [2.45, 2.75) is 36.9 Å². The van der Waals surface area contributed by atoms with Crippen molar-refractivity contribution < 1.29 is 26.3 Å². The van der Waals surface area contributed by atoms with E-state index in [1.807, 2.05) is 0 Å². The summed E-state index contributed by atoms with van der Waals surface area (Å²) in [5.41, 5.74) is 0.207. The first-order valence-electron chi connectivity index (χ1n) is 9.25. The molecule has 3 saturated heterocycles. The van der Waals surface area contributed by atoms with Gasteiger partial charge in [0.25, 0.3) is 0 Å². The van der Waals surface area contributed by atoms with Crippen LogP contribution in [0.2, 0.25) is 0 Å². The highest BCUT2D eigenvalue weighted by atomic mass is 32.2. The number of sulfonamides is 1. The number of alkyl halides is 3. The topological polar surface area (TPSA) is 75.6 Å². The lowest BCUT2D eigenvalue weighted by Gasteiger charge is -2.65. The summed E-state index contributed by atoms with van der Waals surface area (Å²) >= 11 is 0. The Morgan fingerprint density at radius 1 is 1.14 bits per heavy atom. The molecule has 28 heavy (non-hydrogen) atoms. The molecular formula is C17H21F3N4O3S. The van der Waals surface area contributed by atoms with E-state index >= 15 is 0 Å². The van der Waals surface area contributed by atoms with Crippen LogP contribution in [0.15, 0.2) is 11.1 Å². The van der Waals surface area contributed by atoms with Crippen LogP contribution in [0.3, 0.4) is 0 Å². The first-order chi connectivity index (χ1) is 13.0. The Labute approximate surface area is 160 Å². The molecule has 154 valence electrons. The predicted octanol–water partition coefficient (Wildman–Crippen LogP) is 1.29. The molecule has 11 heteroatoms. The van der Waals surface area contributed by atoms with Crippen LogP contribution in [0.5, 0.6) is 0 Å². The molecular weight excluding hydrogens is 397 g/mol. The zero-order valence-corrected chi connectivity index (χ0v) is 16.2. The number of likely N-dealkylation sites (tertiary alicyclic amines) is 1. The molecule has 1 aliphatic carbocycles. The van der Waals surface area contributed by atoms with Crippen LogP contribution in [-0.2, 0) is 20.9 Å². The Hall–Kier alpha value is -1.30. The maximum Gasteiger partial charge on any atom is 0.451 e. The van der Waals surface area contributed by atoms with Crippen molar-refractivity contribution in [3.05, 3.63) is 17.7 Å². The Morgan fingerprint density at radius 3 is 2.29 bits per heavy atom. The van der Waals surface area contributed by atoms with E-state index in [-0.39, 0.29) is 16.0 Å². The first-order valence-corrected chi connectivity index (χ1v) is 10.7. The number of halogens is 3. The first kappa shape index (κ1) is 18.7. The normalized spacial score (nSPS) is 27.1. The van der Waals surface area contributed by atoms with Crippen LogP contribution in [-0.4, -0.2) is 73.0 Å². The fourth-order valence-corrected chi connectivity index (χ4v) is 6.73. The zero-order valence-electron chi connectivity index (χ0n) is 15.4. The number of ether oxygens (including phenoxy) is 1. The molecule has 4 aliphatic rings. The Kier molecular flexibility index (Phi) is 3.77. The van der Waals surface area contributed by atoms with E-state index in [0.717, 1.165) is 45.3 Å². The number of rotatable bonds is 3. The van der Waals surface area contributed by atoms with Crippen molar-refractivity contribution in [1.29, 1.82) is 0 Å². The maximum atomic E-state index is 12.8. The van der Waals surface area contributed by atoms with Crippen molar-refractivity contribution in [3.63, 3.8) is 0 Å². The predicted molar refractivity (Wildman–Crippen MR) is 90.8 cm³/mol. The summed E-state index contributed by atoms with van der Waals surface area (Å²) in [6.45, 7) is 5.92. The minimum Gasteiger partial charge on any atom is -0.380 e. The maximum absolute atomic E-state index is 12.8. The van der Waals surface area contributed by atoms with Gasteiger partial charge in [-0.1, -0.05) is 0 Å². The molecule has 0 atom stereocenters. The fraction of sp³-hybridized carbons (Fsp3) is 0.765. The summed E-state index contributed by atoms with van der Waals surface area (Å²) in [6, 6.07) is 0.507. The van der Waals surface area contributed by atoms with E-state index < -0.39 is 22.0 Å². The molecule has 1 saturated carbocycles. The second-order valence-electron chi connectivity index (χ2n) is 8.87. The lowest BCUT2D eigenvalue weighted by atomic mass is 9.59. The molecule has 0 radical (unpaired) electrons. The molecule has 0 unspecified atom stereocenters. The molecule has 4 fully saturated rings. The molecule has 1 aromatic rings. The standard InChI is InChI=1S/C17H21F3N4O3S/c1-11-13(4-21-14(22-11)17(18,19)20)28(25,26)24-7-15(8-24)2-12(3-15)23-5-16(6-23)9-27-10-16/h4,12H,2-3,5-10H2,1H3. The number of hydrogen-bond acceptors (Lipinski definition) is 6. The van der Waals surface area contributed by atoms with Gasteiger partial charge in [-0.2, -0.15) is 17.5 Å². The average Bonchev–Trinajstić information content (AvgIpc) is 2.42. The Bertz CT molecular complexity index is 910. The van der Waals surface area contributed by atoms with E-state index in [1.165, 1.54) is 11.2 Å². The third-order valence-electron chi connectivity index (χ3n) is 6.58. The van der Waals surface area contributed by atoms with Crippen LogP contribution in [0, 0.1) is 17.8 Å².